The Bertz CT molecular complexity index is 1900. The molecule has 1 aliphatic rings. The second-order valence-electron chi connectivity index (χ2n) is 12.1. The highest BCUT2D eigenvalue weighted by Crippen LogP contribution is 2.41. The molecule has 298 valence electrons. The summed E-state index contributed by atoms with van der Waals surface area (Å²) in [5, 5.41) is 22.2. The Morgan fingerprint density at radius 1 is 0.750 bits per heavy atom. The van der Waals surface area contributed by atoms with Gasteiger partial charge in [0.1, 0.15) is 0 Å². The Morgan fingerprint density at radius 3 is 1.68 bits per heavy atom. The van der Waals surface area contributed by atoms with E-state index in [2.05, 4.69) is 5.32 Å². The number of carbonyl (C=O) groups excluding carboxylic acids is 4. The molecular weight excluding hydrogens is 752 g/mol. The van der Waals surface area contributed by atoms with E-state index in [0.717, 1.165) is 11.1 Å². The third-order valence-electron chi connectivity index (χ3n) is 8.07. The summed E-state index contributed by atoms with van der Waals surface area (Å²) in [7, 11) is 1.29. The summed E-state index contributed by atoms with van der Waals surface area (Å²) in [5.41, 5.74) is 9.49. The Labute approximate surface area is 328 Å². The Morgan fingerprint density at radius 2 is 1.25 bits per heavy atom. The van der Waals surface area contributed by atoms with Crippen LogP contribution in [0.15, 0.2) is 95.3 Å². The molecule has 16 heteroatoms. The maximum Gasteiger partial charge on any atom is 0.349 e. The molecule has 0 aromatic heterocycles. The molecule has 3 unspecified atom stereocenters. The molecule has 0 fully saturated rings. The van der Waals surface area contributed by atoms with Crippen LogP contribution in [0.2, 0.25) is 5.02 Å². The Hall–Kier alpha value is -6.03. The predicted molar refractivity (Wildman–Crippen MR) is 202 cm³/mol. The number of ether oxygens (including phenoxy) is 5. The smallest absolute Gasteiger partial charge is 0.349 e. The first-order valence-electron chi connectivity index (χ1n) is 17.1. The van der Waals surface area contributed by atoms with Gasteiger partial charge in [-0.25, -0.2) is 28.8 Å². The van der Waals surface area contributed by atoms with Gasteiger partial charge in [-0.3, -0.25) is 0 Å². The number of carboxylic acids is 2. The number of allylic oxidation sites excluding steroid dienone is 1. The van der Waals surface area contributed by atoms with Gasteiger partial charge in [0.2, 0.25) is 12.2 Å². The molecule has 56 heavy (non-hydrogen) atoms. The topological polar surface area (TPSA) is 227 Å². The van der Waals surface area contributed by atoms with E-state index in [1.54, 1.807) is 76.2 Å². The van der Waals surface area contributed by atoms with Crippen molar-refractivity contribution in [3.63, 3.8) is 0 Å². The molecule has 0 saturated carbocycles. The van der Waals surface area contributed by atoms with Gasteiger partial charge in [0, 0.05) is 17.3 Å². The minimum atomic E-state index is -2.22. The van der Waals surface area contributed by atoms with E-state index in [1.807, 2.05) is 0 Å². The van der Waals surface area contributed by atoms with E-state index >= 15 is 0 Å². The maximum atomic E-state index is 12.9. The minimum Gasteiger partial charge on any atom is -0.478 e. The molecule has 1 aliphatic heterocycles. The number of aliphatic carboxylic acids is 2. The molecule has 5 N–H and O–H groups in total. The molecule has 1 heterocycles. The summed E-state index contributed by atoms with van der Waals surface area (Å²) in [5.74, 6) is -7.49. The fraction of sp³-hybridized carbons (Fsp3) is 0.300. The van der Waals surface area contributed by atoms with Gasteiger partial charge in [-0.05, 0) is 63.6 Å². The van der Waals surface area contributed by atoms with Crippen molar-refractivity contribution in [2.45, 2.75) is 45.8 Å². The van der Waals surface area contributed by atoms with E-state index in [9.17, 15) is 39.0 Å². The molecule has 3 aromatic rings. The monoisotopic (exact) mass is 794 g/mol. The highest BCUT2D eigenvalue weighted by atomic mass is 35.5. The van der Waals surface area contributed by atoms with E-state index < -0.39 is 53.9 Å². The van der Waals surface area contributed by atoms with Crippen molar-refractivity contribution < 1.29 is 62.7 Å². The summed E-state index contributed by atoms with van der Waals surface area (Å²) in [4.78, 5) is 72.8. The molecule has 3 aromatic carbocycles. The number of rotatable bonds is 15. The van der Waals surface area contributed by atoms with Crippen LogP contribution in [0, 0.1) is 13.8 Å². The summed E-state index contributed by atoms with van der Waals surface area (Å²) >= 11 is 6.42. The number of benzene rings is 3. The van der Waals surface area contributed by atoms with Crippen molar-refractivity contribution in [3.8, 4) is 0 Å². The third kappa shape index (κ3) is 11.7. The van der Waals surface area contributed by atoms with Crippen LogP contribution in [0.25, 0.3) is 0 Å². The van der Waals surface area contributed by atoms with Gasteiger partial charge in [-0.1, -0.05) is 65.2 Å². The van der Waals surface area contributed by atoms with Crippen molar-refractivity contribution in [2.75, 3.05) is 33.5 Å². The van der Waals surface area contributed by atoms with Gasteiger partial charge in [-0.2, -0.15) is 0 Å². The molecule has 0 bridgehead atoms. The van der Waals surface area contributed by atoms with Crippen LogP contribution in [-0.2, 0) is 42.9 Å². The van der Waals surface area contributed by atoms with E-state index in [0.29, 0.717) is 40.7 Å². The fourth-order valence-corrected chi connectivity index (χ4v) is 5.59. The quantitative estimate of drug-likeness (QED) is 0.0944. The van der Waals surface area contributed by atoms with Crippen LogP contribution in [-0.4, -0.2) is 91.7 Å². The predicted octanol–water partition coefficient (Wildman–Crippen LogP) is 4.49. The highest BCUT2D eigenvalue weighted by Gasteiger charge is 2.41. The van der Waals surface area contributed by atoms with Crippen molar-refractivity contribution in [1.82, 2.24) is 5.32 Å². The van der Waals surface area contributed by atoms with Crippen LogP contribution in [0.1, 0.15) is 57.2 Å². The Kier molecular flexibility index (Phi) is 16.8. The highest BCUT2D eigenvalue weighted by molar-refractivity contribution is 6.31. The summed E-state index contributed by atoms with van der Waals surface area (Å²) in [6.07, 6.45) is -4.44. The normalized spacial score (nSPS) is 14.6. The molecule has 0 spiro atoms. The van der Waals surface area contributed by atoms with Crippen LogP contribution < -0.4 is 11.1 Å². The number of carbonyl (C=O) groups is 6. The zero-order valence-electron chi connectivity index (χ0n) is 31.3. The molecule has 15 nitrogen and oxygen atoms in total. The van der Waals surface area contributed by atoms with Crippen LogP contribution >= 0.6 is 11.6 Å². The summed E-state index contributed by atoms with van der Waals surface area (Å²) < 4.78 is 25.4. The number of hydrogen-bond acceptors (Lipinski definition) is 13. The summed E-state index contributed by atoms with van der Waals surface area (Å²) in [6.45, 7) is 8.00. The van der Waals surface area contributed by atoms with Gasteiger partial charge in [0.15, 0.2) is 0 Å². The first kappa shape index (κ1) is 44.4. The largest absolute Gasteiger partial charge is 0.478 e. The summed E-state index contributed by atoms with van der Waals surface area (Å²) in [6, 6.07) is 19.1. The van der Waals surface area contributed by atoms with Gasteiger partial charge in [0.05, 0.1) is 60.8 Å². The molecule has 0 radical (unpaired) electrons. The van der Waals surface area contributed by atoms with Crippen molar-refractivity contribution >= 4 is 47.4 Å². The number of esters is 4. The number of hydrogen-bond donors (Lipinski definition) is 4. The number of nitrogens with two attached hydrogens (primary N) is 1. The lowest BCUT2D eigenvalue weighted by molar-refractivity contribution is -0.166. The average molecular weight is 795 g/mol. The number of nitrogens with one attached hydrogen (secondary N) is 1. The average Bonchev–Trinajstić information content (AvgIpc) is 3.16. The molecule has 3 atom stereocenters. The van der Waals surface area contributed by atoms with Gasteiger partial charge >= 0.3 is 35.8 Å². The SMILES string of the molecule is CCOC(=O)C1=C(COCCN)NC(C)=C(C(=O)OC)C1c1ccccc1Cl.Cc1ccc(C(=O)OC(C(=O)O)C(OC(=O)c2ccc(C)cc2)C(=O)O)cc1. The minimum absolute atomic E-state index is 0.0332. The number of halogens is 1. The van der Waals surface area contributed by atoms with Gasteiger partial charge in [0.25, 0.3) is 0 Å². The number of dihydropyridines is 1. The standard InChI is InChI=1S/C20H25ClN2O5.C20H18O8/c1-4-28-20(25)18-15(11-27-10-9-22)23-12(2)16(19(24)26-3)17(18)13-7-5-6-8-14(13)21;1-11-3-7-13(8-4-11)19(25)27-15(17(21)22)16(18(23)24)28-20(26)14-9-5-12(2)6-10-14/h5-8,17,23H,4,9-11,22H2,1-3H3;3-10,15-16H,1-2H3,(H,21,22)(H,23,24). The molecule has 0 aliphatic carbocycles. The van der Waals surface area contributed by atoms with Gasteiger partial charge < -0.3 is 44.9 Å². The maximum absolute atomic E-state index is 12.9. The van der Waals surface area contributed by atoms with Crippen molar-refractivity contribution in [2.24, 2.45) is 5.73 Å². The molecule has 0 saturated heterocycles. The lowest BCUT2D eigenvalue weighted by Gasteiger charge is -2.31. The van der Waals surface area contributed by atoms with Crippen LogP contribution in [0.5, 0.6) is 0 Å². The first-order chi connectivity index (χ1) is 26.6. The Balaban J connectivity index is 0.000000300. The second kappa shape index (κ2) is 21.2. The fourth-order valence-electron chi connectivity index (χ4n) is 5.35. The number of aryl methyl sites for hydroxylation is 2. The van der Waals surface area contributed by atoms with E-state index in [1.165, 1.54) is 31.4 Å². The number of carboxylic acid groups (broad SMARTS) is 2. The lowest BCUT2D eigenvalue weighted by Crippen LogP contribution is -2.45. The lowest BCUT2D eigenvalue weighted by atomic mass is 9.80. The van der Waals surface area contributed by atoms with Crippen LogP contribution in [0.4, 0.5) is 0 Å². The first-order valence-corrected chi connectivity index (χ1v) is 17.5. The zero-order chi connectivity index (χ0) is 41.5. The van der Waals surface area contributed by atoms with Crippen molar-refractivity contribution in [3.05, 3.63) is 128 Å². The molecule has 4 rings (SSSR count). The van der Waals surface area contributed by atoms with Gasteiger partial charge in [-0.15, -0.1) is 0 Å². The molecular formula is C40H43ClN2O13. The van der Waals surface area contributed by atoms with E-state index in [4.69, 9.17) is 41.0 Å². The van der Waals surface area contributed by atoms with E-state index in [-0.39, 0.29) is 29.9 Å². The number of methoxy groups -OCH3 is 1. The second-order valence-corrected chi connectivity index (χ2v) is 12.5. The van der Waals surface area contributed by atoms with Crippen LogP contribution in [0.3, 0.4) is 0 Å². The van der Waals surface area contributed by atoms with Crippen molar-refractivity contribution in [1.29, 1.82) is 0 Å². The zero-order valence-corrected chi connectivity index (χ0v) is 32.1. The molecule has 0 amide bonds. The third-order valence-corrected chi connectivity index (χ3v) is 8.42.